The van der Waals surface area contributed by atoms with E-state index in [-0.39, 0.29) is 16.5 Å². The molecule has 0 spiro atoms. The third-order valence-electron chi connectivity index (χ3n) is 2.15. The van der Waals surface area contributed by atoms with Crippen LogP contribution in [0.25, 0.3) is 0 Å². The predicted octanol–water partition coefficient (Wildman–Crippen LogP) is 1.02. The average Bonchev–Trinajstić information content (AvgIpc) is 2.17. The molecular weight excluding hydrogens is 210 g/mol. The van der Waals surface area contributed by atoms with E-state index in [1.165, 1.54) is 4.68 Å². The van der Waals surface area contributed by atoms with E-state index in [2.05, 4.69) is 5.10 Å². The highest BCUT2D eigenvalue weighted by atomic mass is 32.1. The standard InChI is InChI=1S/C10H15N3OS/c1-4-13-10(14)7(9(11)15)5-8(12-13)6(2)3/h5-6H,4H2,1-3H3,(H2,11,15). The lowest BCUT2D eigenvalue weighted by molar-refractivity contribution is 0.584. The molecule has 4 nitrogen and oxygen atoms in total. The summed E-state index contributed by atoms with van der Waals surface area (Å²) < 4.78 is 1.39. The lowest BCUT2D eigenvalue weighted by Crippen LogP contribution is -2.31. The van der Waals surface area contributed by atoms with E-state index in [1.54, 1.807) is 6.07 Å². The van der Waals surface area contributed by atoms with Gasteiger partial charge in [0.25, 0.3) is 5.56 Å². The minimum Gasteiger partial charge on any atom is -0.389 e. The quantitative estimate of drug-likeness (QED) is 0.780. The molecule has 15 heavy (non-hydrogen) atoms. The molecule has 82 valence electrons. The Labute approximate surface area is 94.1 Å². The summed E-state index contributed by atoms with van der Waals surface area (Å²) in [6.07, 6.45) is 0. The topological polar surface area (TPSA) is 60.9 Å². The van der Waals surface area contributed by atoms with E-state index >= 15 is 0 Å². The van der Waals surface area contributed by atoms with Crippen LogP contribution >= 0.6 is 12.2 Å². The summed E-state index contributed by atoms with van der Waals surface area (Å²) in [6.45, 7) is 6.41. The maximum Gasteiger partial charge on any atom is 0.277 e. The fraction of sp³-hybridized carbons (Fsp3) is 0.500. The molecule has 0 aliphatic heterocycles. The highest BCUT2D eigenvalue weighted by molar-refractivity contribution is 7.80. The van der Waals surface area contributed by atoms with E-state index in [4.69, 9.17) is 18.0 Å². The fourth-order valence-electron chi connectivity index (χ4n) is 1.24. The first-order chi connectivity index (χ1) is 6.97. The van der Waals surface area contributed by atoms with E-state index in [0.717, 1.165) is 5.69 Å². The van der Waals surface area contributed by atoms with Crippen LogP contribution in [0, 0.1) is 0 Å². The van der Waals surface area contributed by atoms with Crippen LogP contribution in [-0.2, 0) is 6.54 Å². The number of hydrogen-bond donors (Lipinski definition) is 1. The van der Waals surface area contributed by atoms with Gasteiger partial charge in [-0.3, -0.25) is 4.79 Å². The highest BCUT2D eigenvalue weighted by Gasteiger charge is 2.11. The lowest BCUT2D eigenvalue weighted by atomic mass is 10.1. The SMILES string of the molecule is CCn1nc(C(C)C)cc(C(N)=S)c1=O. The first-order valence-electron chi connectivity index (χ1n) is 4.89. The summed E-state index contributed by atoms with van der Waals surface area (Å²) in [6, 6.07) is 1.68. The van der Waals surface area contributed by atoms with Gasteiger partial charge in [-0.2, -0.15) is 5.10 Å². The number of thiocarbonyl (C=S) groups is 1. The van der Waals surface area contributed by atoms with Gasteiger partial charge in [0.2, 0.25) is 0 Å². The summed E-state index contributed by atoms with van der Waals surface area (Å²) in [5.41, 5.74) is 6.50. The molecule has 1 rings (SSSR count). The van der Waals surface area contributed by atoms with Crippen molar-refractivity contribution in [1.82, 2.24) is 9.78 Å². The Morgan fingerprint density at radius 1 is 1.67 bits per heavy atom. The molecule has 1 aromatic heterocycles. The van der Waals surface area contributed by atoms with Gasteiger partial charge in [0.05, 0.1) is 11.3 Å². The number of nitrogens with zero attached hydrogens (tertiary/aromatic N) is 2. The molecule has 2 N–H and O–H groups in total. The molecule has 5 heteroatoms. The zero-order valence-electron chi connectivity index (χ0n) is 9.15. The molecule has 1 heterocycles. The maximum absolute atomic E-state index is 11.7. The number of nitrogens with two attached hydrogens (primary N) is 1. The first-order valence-corrected chi connectivity index (χ1v) is 5.30. The van der Waals surface area contributed by atoms with Crippen molar-refractivity contribution in [1.29, 1.82) is 0 Å². The van der Waals surface area contributed by atoms with Crippen molar-refractivity contribution >= 4 is 17.2 Å². The molecule has 0 amide bonds. The number of aromatic nitrogens is 2. The second-order valence-electron chi connectivity index (χ2n) is 3.62. The number of rotatable bonds is 3. The fourth-order valence-corrected chi connectivity index (χ4v) is 1.38. The van der Waals surface area contributed by atoms with Crippen molar-refractivity contribution in [2.45, 2.75) is 33.2 Å². The minimum atomic E-state index is -0.214. The van der Waals surface area contributed by atoms with E-state index in [9.17, 15) is 4.79 Å². The van der Waals surface area contributed by atoms with Gasteiger partial charge in [0.1, 0.15) is 4.99 Å². The summed E-state index contributed by atoms with van der Waals surface area (Å²) in [5.74, 6) is 0.247. The van der Waals surface area contributed by atoms with E-state index < -0.39 is 0 Å². The van der Waals surface area contributed by atoms with Crippen molar-refractivity contribution in [3.63, 3.8) is 0 Å². The second-order valence-corrected chi connectivity index (χ2v) is 4.06. The van der Waals surface area contributed by atoms with Crippen molar-refractivity contribution in [2.24, 2.45) is 5.73 Å². The predicted molar refractivity (Wildman–Crippen MR) is 64.1 cm³/mol. The molecule has 0 bridgehead atoms. The van der Waals surface area contributed by atoms with E-state index in [0.29, 0.717) is 12.1 Å². The van der Waals surface area contributed by atoms with Crippen LogP contribution in [0.15, 0.2) is 10.9 Å². The summed E-state index contributed by atoms with van der Waals surface area (Å²) in [5, 5.41) is 4.22. The second kappa shape index (κ2) is 4.53. The van der Waals surface area contributed by atoms with Gasteiger partial charge in [-0.15, -0.1) is 0 Å². The summed E-state index contributed by atoms with van der Waals surface area (Å²) in [7, 11) is 0. The zero-order chi connectivity index (χ0) is 11.6. The third-order valence-corrected chi connectivity index (χ3v) is 2.37. The molecule has 0 saturated carbocycles. The molecular formula is C10H15N3OS. The van der Waals surface area contributed by atoms with Gasteiger partial charge >= 0.3 is 0 Å². The normalized spacial score (nSPS) is 10.7. The largest absolute Gasteiger partial charge is 0.389 e. The smallest absolute Gasteiger partial charge is 0.277 e. The Morgan fingerprint density at radius 2 is 2.27 bits per heavy atom. The lowest BCUT2D eigenvalue weighted by Gasteiger charge is -2.10. The van der Waals surface area contributed by atoms with Crippen LogP contribution in [0.3, 0.4) is 0 Å². The van der Waals surface area contributed by atoms with Crippen molar-refractivity contribution < 1.29 is 0 Å². The van der Waals surface area contributed by atoms with Gasteiger partial charge in [-0.05, 0) is 18.9 Å². The van der Waals surface area contributed by atoms with Crippen LogP contribution in [-0.4, -0.2) is 14.8 Å². The van der Waals surface area contributed by atoms with Crippen molar-refractivity contribution in [3.8, 4) is 0 Å². The molecule has 0 radical (unpaired) electrons. The third kappa shape index (κ3) is 2.41. The molecule has 0 saturated heterocycles. The van der Waals surface area contributed by atoms with Gasteiger partial charge in [-0.1, -0.05) is 26.1 Å². The minimum absolute atomic E-state index is 0.131. The highest BCUT2D eigenvalue weighted by Crippen LogP contribution is 2.10. The van der Waals surface area contributed by atoms with E-state index in [1.807, 2.05) is 20.8 Å². The van der Waals surface area contributed by atoms with Crippen LogP contribution in [0.4, 0.5) is 0 Å². The van der Waals surface area contributed by atoms with Crippen LogP contribution < -0.4 is 11.3 Å². The molecule has 0 aromatic carbocycles. The van der Waals surface area contributed by atoms with Crippen molar-refractivity contribution in [2.75, 3.05) is 0 Å². The van der Waals surface area contributed by atoms with Crippen molar-refractivity contribution in [3.05, 3.63) is 27.7 Å². The zero-order valence-corrected chi connectivity index (χ0v) is 9.97. The van der Waals surface area contributed by atoms with Gasteiger partial charge in [-0.25, -0.2) is 4.68 Å². The van der Waals surface area contributed by atoms with Crippen LogP contribution in [0.5, 0.6) is 0 Å². The van der Waals surface area contributed by atoms with Gasteiger partial charge in [0.15, 0.2) is 0 Å². The summed E-state index contributed by atoms with van der Waals surface area (Å²) >= 11 is 4.84. The number of aryl methyl sites for hydroxylation is 1. The van der Waals surface area contributed by atoms with Crippen LogP contribution in [0.1, 0.15) is 37.9 Å². The molecule has 0 aliphatic rings. The molecule has 0 aliphatic carbocycles. The molecule has 0 unspecified atom stereocenters. The number of hydrogen-bond acceptors (Lipinski definition) is 3. The van der Waals surface area contributed by atoms with Crippen LogP contribution in [0.2, 0.25) is 0 Å². The monoisotopic (exact) mass is 225 g/mol. The summed E-state index contributed by atoms with van der Waals surface area (Å²) in [4.78, 5) is 11.9. The van der Waals surface area contributed by atoms with Gasteiger partial charge in [0, 0.05) is 6.54 Å². The Morgan fingerprint density at radius 3 is 2.67 bits per heavy atom. The average molecular weight is 225 g/mol. The molecule has 0 fully saturated rings. The molecule has 0 atom stereocenters. The maximum atomic E-state index is 11.7. The Bertz CT molecular complexity index is 437. The Hall–Kier alpha value is -1.23. The Kier molecular flexibility index (Phi) is 3.57. The van der Waals surface area contributed by atoms with Gasteiger partial charge < -0.3 is 5.73 Å². The Balaban J connectivity index is 3.45. The molecule has 1 aromatic rings. The first kappa shape index (κ1) is 11.8.